The van der Waals surface area contributed by atoms with Crippen LogP contribution in [0.1, 0.15) is 32.6 Å². The van der Waals surface area contributed by atoms with Crippen LogP contribution in [0.3, 0.4) is 0 Å². The van der Waals surface area contributed by atoms with E-state index in [4.69, 9.17) is 4.74 Å². The van der Waals surface area contributed by atoms with Crippen LogP contribution >= 0.6 is 0 Å². The first-order chi connectivity index (χ1) is 16.1. The maximum absolute atomic E-state index is 13.0. The standard InChI is InChI=1S/C28H28N2O3/c1-20-7-5-6-10-22(20)17-26-27(32)23-11-12-25(31)24(28(23)33-26)19-30-15-13-29(14-16-30)18-21-8-3-2-4-9-21/h2-12,17,31H,13-16,18-19H2,1H3/b26-17-. The Morgan fingerprint density at radius 3 is 2.27 bits per heavy atom. The Balaban J connectivity index is 1.30. The average molecular weight is 441 g/mol. The van der Waals surface area contributed by atoms with E-state index in [9.17, 15) is 9.90 Å². The molecule has 1 saturated heterocycles. The molecule has 5 heteroatoms. The van der Waals surface area contributed by atoms with E-state index in [0.29, 0.717) is 29.2 Å². The first-order valence-electron chi connectivity index (χ1n) is 11.4. The van der Waals surface area contributed by atoms with Crippen molar-refractivity contribution in [1.82, 2.24) is 9.80 Å². The minimum Gasteiger partial charge on any atom is -0.507 e. The lowest BCUT2D eigenvalue weighted by molar-refractivity contribution is 0.101. The predicted octanol–water partition coefficient (Wildman–Crippen LogP) is 4.63. The van der Waals surface area contributed by atoms with Crippen molar-refractivity contribution in [3.8, 4) is 11.5 Å². The predicted molar refractivity (Wildman–Crippen MR) is 129 cm³/mol. The number of fused-ring (bicyclic) bond motifs is 1. The molecule has 0 unspecified atom stereocenters. The van der Waals surface area contributed by atoms with E-state index in [2.05, 4.69) is 34.1 Å². The molecule has 168 valence electrons. The van der Waals surface area contributed by atoms with Crippen molar-refractivity contribution >= 4 is 11.9 Å². The zero-order valence-corrected chi connectivity index (χ0v) is 18.8. The lowest BCUT2D eigenvalue weighted by Crippen LogP contribution is -2.45. The fourth-order valence-corrected chi connectivity index (χ4v) is 4.51. The number of phenolic OH excluding ortho intramolecular Hbond substituents is 1. The molecule has 0 amide bonds. The third kappa shape index (κ3) is 4.56. The Hall–Kier alpha value is -3.41. The molecule has 2 aliphatic heterocycles. The van der Waals surface area contributed by atoms with Crippen LogP contribution in [0.5, 0.6) is 11.5 Å². The van der Waals surface area contributed by atoms with E-state index in [0.717, 1.165) is 43.9 Å². The van der Waals surface area contributed by atoms with E-state index >= 15 is 0 Å². The van der Waals surface area contributed by atoms with Crippen LogP contribution in [0, 0.1) is 6.92 Å². The van der Waals surface area contributed by atoms with Crippen LogP contribution in [0.25, 0.3) is 6.08 Å². The number of nitrogens with zero attached hydrogens (tertiary/aromatic N) is 2. The van der Waals surface area contributed by atoms with Crippen molar-refractivity contribution in [1.29, 1.82) is 0 Å². The van der Waals surface area contributed by atoms with Crippen LogP contribution in [0.15, 0.2) is 72.5 Å². The molecule has 0 bridgehead atoms. The van der Waals surface area contributed by atoms with Crippen LogP contribution in [0.2, 0.25) is 0 Å². The van der Waals surface area contributed by atoms with E-state index in [-0.39, 0.29) is 11.5 Å². The van der Waals surface area contributed by atoms with Gasteiger partial charge in [0.05, 0.1) is 11.1 Å². The summed E-state index contributed by atoms with van der Waals surface area (Å²) in [4.78, 5) is 17.8. The monoisotopic (exact) mass is 440 g/mol. The molecule has 0 saturated carbocycles. The van der Waals surface area contributed by atoms with Crippen LogP contribution in [0.4, 0.5) is 0 Å². The molecule has 3 aromatic carbocycles. The van der Waals surface area contributed by atoms with Gasteiger partial charge in [-0.05, 0) is 41.8 Å². The highest BCUT2D eigenvalue weighted by atomic mass is 16.5. The Bertz CT molecular complexity index is 1200. The molecule has 1 N–H and O–H groups in total. The summed E-state index contributed by atoms with van der Waals surface area (Å²) in [7, 11) is 0. The van der Waals surface area contributed by atoms with Crippen molar-refractivity contribution in [3.63, 3.8) is 0 Å². The Morgan fingerprint density at radius 1 is 0.879 bits per heavy atom. The van der Waals surface area contributed by atoms with Gasteiger partial charge in [-0.2, -0.15) is 0 Å². The van der Waals surface area contributed by atoms with E-state index in [1.54, 1.807) is 18.2 Å². The number of allylic oxidation sites excluding steroid dienone is 1. The minimum atomic E-state index is -0.137. The van der Waals surface area contributed by atoms with Gasteiger partial charge in [0.25, 0.3) is 0 Å². The normalized spacial score (nSPS) is 17.8. The van der Waals surface area contributed by atoms with Gasteiger partial charge in [-0.3, -0.25) is 14.6 Å². The molecule has 5 rings (SSSR count). The maximum Gasteiger partial charge on any atom is 0.231 e. The summed E-state index contributed by atoms with van der Waals surface area (Å²) in [5, 5.41) is 10.6. The summed E-state index contributed by atoms with van der Waals surface area (Å²) in [6.07, 6.45) is 1.79. The van der Waals surface area contributed by atoms with Crippen molar-refractivity contribution in [2.75, 3.05) is 26.2 Å². The minimum absolute atomic E-state index is 0.137. The van der Waals surface area contributed by atoms with Gasteiger partial charge < -0.3 is 9.84 Å². The SMILES string of the molecule is Cc1ccccc1/C=C1\Oc2c(ccc(O)c2CN2CCN(Cc3ccccc3)CC2)C1=O. The van der Waals surface area contributed by atoms with Gasteiger partial charge in [-0.25, -0.2) is 0 Å². The maximum atomic E-state index is 13.0. The van der Waals surface area contributed by atoms with Crippen LogP contribution in [-0.2, 0) is 13.1 Å². The number of carbonyl (C=O) groups excluding carboxylic acids is 1. The molecule has 3 aromatic rings. The molecule has 33 heavy (non-hydrogen) atoms. The number of rotatable bonds is 5. The van der Waals surface area contributed by atoms with E-state index in [1.165, 1.54) is 5.56 Å². The summed E-state index contributed by atoms with van der Waals surface area (Å²) in [5.41, 5.74) is 4.56. The van der Waals surface area contributed by atoms with Crippen molar-refractivity contribution in [3.05, 3.63) is 100 Å². The number of benzene rings is 3. The average Bonchev–Trinajstić information content (AvgIpc) is 3.14. The molecular formula is C28H28N2O3. The summed E-state index contributed by atoms with van der Waals surface area (Å²) < 4.78 is 6.05. The van der Waals surface area contributed by atoms with E-state index in [1.807, 2.05) is 37.3 Å². The summed E-state index contributed by atoms with van der Waals surface area (Å²) in [6, 6.07) is 21.7. The van der Waals surface area contributed by atoms with Gasteiger partial charge in [-0.15, -0.1) is 0 Å². The first-order valence-corrected chi connectivity index (χ1v) is 11.4. The number of ether oxygens (including phenoxy) is 1. The molecular weight excluding hydrogens is 412 g/mol. The third-order valence-electron chi connectivity index (χ3n) is 6.49. The van der Waals surface area contributed by atoms with Crippen molar-refractivity contribution in [2.24, 2.45) is 0 Å². The number of phenols is 1. The number of aryl methyl sites for hydroxylation is 1. The van der Waals surface area contributed by atoms with Gasteiger partial charge in [0.15, 0.2) is 5.76 Å². The van der Waals surface area contributed by atoms with Gasteiger partial charge in [0, 0.05) is 39.3 Å². The lowest BCUT2D eigenvalue weighted by Gasteiger charge is -2.35. The highest BCUT2D eigenvalue weighted by Crippen LogP contribution is 2.40. The van der Waals surface area contributed by atoms with Crippen LogP contribution < -0.4 is 4.74 Å². The quantitative estimate of drug-likeness (QED) is 0.586. The number of Topliss-reactive ketones (excluding diaryl/α,β-unsaturated/α-hetero) is 1. The molecule has 0 aromatic heterocycles. The second-order valence-corrected chi connectivity index (χ2v) is 8.77. The molecule has 1 fully saturated rings. The zero-order chi connectivity index (χ0) is 22.8. The highest BCUT2D eigenvalue weighted by molar-refractivity contribution is 6.15. The fraction of sp³-hybridized carbons (Fsp3) is 0.250. The smallest absolute Gasteiger partial charge is 0.231 e. The number of carbonyl (C=O) groups is 1. The van der Waals surface area contributed by atoms with E-state index < -0.39 is 0 Å². The molecule has 0 radical (unpaired) electrons. The summed E-state index contributed by atoms with van der Waals surface area (Å²) in [5.74, 6) is 0.831. The Morgan fingerprint density at radius 2 is 1.55 bits per heavy atom. The first kappa shape index (κ1) is 21.4. The zero-order valence-electron chi connectivity index (χ0n) is 18.8. The van der Waals surface area contributed by atoms with Gasteiger partial charge >= 0.3 is 0 Å². The second-order valence-electron chi connectivity index (χ2n) is 8.77. The molecule has 0 aliphatic carbocycles. The largest absolute Gasteiger partial charge is 0.507 e. The van der Waals surface area contributed by atoms with Gasteiger partial charge in [-0.1, -0.05) is 54.6 Å². The molecule has 0 atom stereocenters. The summed E-state index contributed by atoms with van der Waals surface area (Å²) >= 11 is 0. The molecule has 5 nitrogen and oxygen atoms in total. The number of aromatic hydroxyl groups is 1. The molecule has 2 heterocycles. The second kappa shape index (κ2) is 9.22. The third-order valence-corrected chi connectivity index (χ3v) is 6.49. The highest BCUT2D eigenvalue weighted by Gasteiger charge is 2.32. The molecule has 2 aliphatic rings. The Labute approximate surface area is 194 Å². The topological polar surface area (TPSA) is 53.0 Å². The number of ketones is 1. The number of hydrogen-bond donors (Lipinski definition) is 1. The lowest BCUT2D eigenvalue weighted by atomic mass is 10.0. The van der Waals surface area contributed by atoms with Crippen molar-refractivity contribution in [2.45, 2.75) is 20.0 Å². The van der Waals surface area contributed by atoms with Gasteiger partial charge in [0.2, 0.25) is 5.78 Å². The Kier molecular flexibility index (Phi) is 5.99. The van der Waals surface area contributed by atoms with Crippen molar-refractivity contribution < 1.29 is 14.6 Å². The number of piperazine rings is 1. The van der Waals surface area contributed by atoms with Gasteiger partial charge in [0.1, 0.15) is 11.5 Å². The summed E-state index contributed by atoms with van der Waals surface area (Å²) in [6.45, 7) is 7.23. The fourth-order valence-electron chi connectivity index (χ4n) is 4.51. The number of hydrogen-bond acceptors (Lipinski definition) is 5. The van der Waals surface area contributed by atoms with Crippen LogP contribution in [-0.4, -0.2) is 46.9 Å². The molecule has 0 spiro atoms.